The minimum absolute atomic E-state index is 0.510. The number of aromatic nitrogens is 1. The van der Waals surface area contributed by atoms with E-state index in [1.54, 1.807) is 6.20 Å². The van der Waals surface area contributed by atoms with Gasteiger partial charge in [0, 0.05) is 12.7 Å². The molecule has 0 aromatic carbocycles. The average molecular weight is 161 g/mol. The van der Waals surface area contributed by atoms with Crippen molar-refractivity contribution in [3.05, 3.63) is 23.9 Å². The number of nitrogens with one attached hydrogen (secondary N) is 1. The lowest BCUT2D eigenvalue weighted by molar-refractivity contribution is 1.05. The molecular formula is C9H11N3. The molecular weight excluding hydrogens is 150 g/mol. The first-order valence-corrected chi connectivity index (χ1v) is 3.87. The van der Waals surface area contributed by atoms with Crippen LogP contribution < -0.4 is 5.32 Å². The first-order valence-electron chi connectivity index (χ1n) is 3.87. The molecule has 0 aliphatic carbocycles. The monoisotopic (exact) mass is 161 g/mol. The summed E-state index contributed by atoms with van der Waals surface area (Å²) in [6.45, 7) is 2.65. The molecule has 1 N–H and O–H groups in total. The van der Waals surface area contributed by atoms with Crippen LogP contribution in [0.5, 0.6) is 0 Å². The number of rotatable bonds is 3. The zero-order valence-corrected chi connectivity index (χ0v) is 7.04. The number of anilines is 1. The summed E-state index contributed by atoms with van der Waals surface area (Å²) < 4.78 is 0. The van der Waals surface area contributed by atoms with Crippen LogP contribution in [0, 0.1) is 18.3 Å². The first-order chi connectivity index (χ1) is 5.84. The molecule has 0 aliphatic rings. The van der Waals surface area contributed by atoms with Crippen LogP contribution in [0.1, 0.15) is 12.0 Å². The van der Waals surface area contributed by atoms with Crippen molar-refractivity contribution in [2.75, 3.05) is 11.9 Å². The van der Waals surface area contributed by atoms with E-state index in [0.717, 1.165) is 11.4 Å². The van der Waals surface area contributed by atoms with Crippen LogP contribution >= 0.6 is 0 Å². The quantitative estimate of drug-likeness (QED) is 0.686. The van der Waals surface area contributed by atoms with Crippen LogP contribution in [-0.4, -0.2) is 11.5 Å². The Morgan fingerprint density at radius 2 is 2.50 bits per heavy atom. The van der Waals surface area contributed by atoms with Gasteiger partial charge in [0.05, 0.1) is 12.5 Å². The summed E-state index contributed by atoms with van der Waals surface area (Å²) in [5, 5.41) is 11.4. The molecule has 1 aromatic heterocycles. The van der Waals surface area contributed by atoms with Gasteiger partial charge >= 0.3 is 0 Å². The summed E-state index contributed by atoms with van der Waals surface area (Å²) in [4.78, 5) is 4.13. The first kappa shape index (κ1) is 8.54. The van der Waals surface area contributed by atoms with Gasteiger partial charge in [0.1, 0.15) is 5.82 Å². The minimum Gasteiger partial charge on any atom is -0.369 e. The number of aryl methyl sites for hydroxylation is 1. The van der Waals surface area contributed by atoms with Crippen molar-refractivity contribution in [1.82, 2.24) is 4.98 Å². The lowest BCUT2D eigenvalue weighted by Crippen LogP contribution is -2.03. The van der Waals surface area contributed by atoms with Crippen LogP contribution in [0.3, 0.4) is 0 Å². The fourth-order valence-corrected chi connectivity index (χ4v) is 0.908. The Morgan fingerprint density at radius 1 is 1.67 bits per heavy atom. The van der Waals surface area contributed by atoms with Gasteiger partial charge in [-0.3, -0.25) is 0 Å². The van der Waals surface area contributed by atoms with Crippen LogP contribution in [0.4, 0.5) is 5.82 Å². The molecule has 3 heteroatoms. The molecule has 3 nitrogen and oxygen atoms in total. The minimum atomic E-state index is 0.510. The molecule has 0 saturated heterocycles. The number of nitriles is 1. The van der Waals surface area contributed by atoms with Crippen LogP contribution in [0.15, 0.2) is 18.3 Å². The van der Waals surface area contributed by atoms with Crippen LogP contribution in [0.25, 0.3) is 0 Å². The fraction of sp³-hybridized carbons (Fsp3) is 0.333. The standard InChI is InChI=1S/C9H11N3/c1-8-4-2-6-11-9(8)12-7-3-5-10/h2,4,6H,3,7H2,1H3,(H,11,12). The second kappa shape index (κ2) is 4.35. The molecule has 0 bridgehead atoms. The maximum atomic E-state index is 8.30. The average Bonchev–Trinajstić information content (AvgIpc) is 2.09. The summed E-state index contributed by atoms with van der Waals surface area (Å²) in [5.74, 6) is 0.868. The van der Waals surface area contributed by atoms with E-state index in [0.29, 0.717) is 13.0 Å². The molecule has 0 amide bonds. The van der Waals surface area contributed by atoms with Crippen molar-refractivity contribution in [1.29, 1.82) is 5.26 Å². The molecule has 0 unspecified atom stereocenters. The number of pyridine rings is 1. The van der Waals surface area contributed by atoms with E-state index in [2.05, 4.69) is 16.4 Å². The topological polar surface area (TPSA) is 48.7 Å². The highest BCUT2D eigenvalue weighted by atomic mass is 15.0. The van der Waals surface area contributed by atoms with E-state index in [1.165, 1.54) is 0 Å². The van der Waals surface area contributed by atoms with Crippen molar-refractivity contribution >= 4 is 5.82 Å². The third-order valence-corrected chi connectivity index (χ3v) is 1.54. The molecule has 0 aliphatic heterocycles. The summed E-state index contributed by atoms with van der Waals surface area (Å²) in [6, 6.07) is 5.95. The van der Waals surface area contributed by atoms with E-state index in [1.807, 2.05) is 19.1 Å². The van der Waals surface area contributed by atoms with Gasteiger partial charge in [0.2, 0.25) is 0 Å². The zero-order valence-electron chi connectivity index (χ0n) is 7.04. The number of hydrogen-bond acceptors (Lipinski definition) is 3. The summed E-state index contributed by atoms with van der Waals surface area (Å²) in [5.41, 5.74) is 1.11. The van der Waals surface area contributed by atoms with Crippen LogP contribution in [0.2, 0.25) is 0 Å². The Balaban J connectivity index is 2.53. The molecule has 0 radical (unpaired) electrons. The largest absolute Gasteiger partial charge is 0.369 e. The smallest absolute Gasteiger partial charge is 0.128 e. The summed E-state index contributed by atoms with van der Waals surface area (Å²) in [6.07, 6.45) is 2.25. The lowest BCUT2D eigenvalue weighted by atomic mass is 10.3. The Hall–Kier alpha value is -1.56. The van der Waals surface area contributed by atoms with Gasteiger partial charge in [-0.15, -0.1) is 0 Å². The van der Waals surface area contributed by atoms with E-state index in [4.69, 9.17) is 5.26 Å². The molecule has 0 atom stereocenters. The molecule has 0 fully saturated rings. The zero-order chi connectivity index (χ0) is 8.81. The normalized spacial score (nSPS) is 9.00. The fourth-order valence-electron chi connectivity index (χ4n) is 0.908. The highest BCUT2D eigenvalue weighted by Crippen LogP contribution is 2.08. The second-order valence-electron chi connectivity index (χ2n) is 2.50. The second-order valence-corrected chi connectivity index (χ2v) is 2.50. The Labute approximate surface area is 72.1 Å². The predicted molar refractivity (Wildman–Crippen MR) is 47.7 cm³/mol. The number of nitrogens with zero attached hydrogens (tertiary/aromatic N) is 2. The molecule has 1 heterocycles. The molecule has 1 aromatic rings. The third kappa shape index (κ3) is 2.24. The van der Waals surface area contributed by atoms with Gasteiger partial charge in [-0.1, -0.05) is 6.07 Å². The van der Waals surface area contributed by atoms with Crippen molar-refractivity contribution in [3.8, 4) is 6.07 Å². The van der Waals surface area contributed by atoms with Gasteiger partial charge in [0.15, 0.2) is 0 Å². The summed E-state index contributed by atoms with van der Waals surface area (Å²) in [7, 11) is 0. The Bertz CT molecular complexity index is 288. The van der Waals surface area contributed by atoms with Gasteiger partial charge in [-0.05, 0) is 18.6 Å². The van der Waals surface area contributed by atoms with Gasteiger partial charge < -0.3 is 5.32 Å². The maximum Gasteiger partial charge on any atom is 0.128 e. The molecule has 0 spiro atoms. The maximum absolute atomic E-state index is 8.30. The summed E-state index contributed by atoms with van der Waals surface area (Å²) >= 11 is 0. The van der Waals surface area contributed by atoms with E-state index < -0.39 is 0 Å². The highest BCUT2D eigenvalue weighted by Gasteiger charge is 1.94. The van der Waals surface area contributed by atoms with Crippen molar-refractivity contribution in [2.24, 2.45) is 0 Å². The van der Waals surface area contributed by atoms with Gasteiger partial charge in [-0.25, -0.2) is 4.98 Å². The van der Waals surface area contributed by atoms with E-state index in [-0.39, 0.29) is 0 Å². The predicted octanol–water partition coefficient (Wildman–Crippen LogP) is 1.72. The number of hydrogen-bond donors (Lipinski definition) is 1. The Morgan fingerprint density at radius 3 is 3.17 bits per heavy atom. The molecule has 62 valence electrons. The van der Waals surface area contributed by atoms with E-state index in [9.17, 15) is 0 Å². The Kier molecular flexibility index (Phi) is 3.09. The molecule has 0 saturated carbocycles. The third-order valence-electron chi connectivity index (χ3n) is 1.54. The van der Waals surface area contributed by atoms with Gasteiger partial charge in [-0.2, -0.15) is 5.26 Å². The van der Waals surface area contributed by atoms with Crippen molar-refractivity contribution in [2.45, 2.75) is 13.3 Å². The molecule has 12 heavy (non-hydrogen) atoms. The van der Waals surface area contributed by atoms with Crippen molar-refractivity contribution < 1.29 is 0 Å². The van der Waals surface area contributed by atoms with Gasteiger partial charge in [0.25, 0.3) is 0 Å². The van der Waals surface area contributed by atoms with Crippen molar-refractivity contribution in [3.63, 3.8) is 0 Å². The lowest BCUT2D eigenvalue weighted by Gasteiger charge is -2.04. The molecule has 1 rings (SSSR count). The van der Waals surface area contributed by atoms with E-state index >= 15 is 0 Å². The SMILES string of the molecule is Cc1cccnc1NCCC#N. The van der Waals surface area contributed by atoms with Crippen LogP contribution in [-0.2, 0) is 0 Å². The highest BCUT2D eigenvalue weighted by molar-refractivity contribution is 5.42.